The number of pyridine rings is 1. The largest absolute Gasteiger partial charge is 0.310 e. The first-order chi connectivity index (χ1) is 6.72. The molecule has 0 saturated carbocycles. The Balaban J connectivity index is 2.44. The Bertz CT molecular complexity index is 297. The highest BCUT2D eigenvalue weighted by molar-refractivity contribution is 9.10. The summed E-state index contributed by atoms with van der Waals surface area (Å²) in [5.74, 6) is 0.168. The molecule has 4 heteroatoms. The number of aromatic nitrogens is 1. The lowest BCUT2D eigenvalue weighted by Gasteiger charge is -2.01. The van der Waals surface area contributed by atoms with Crippen LogP contribution in [0.15, 0.2) is 22.8 Å². The van der Waals surface area contributed by atoms with Gasteiger partial charge in [-0.25, -0.2) is 0 Å². The van der Waals surface area contributed by atoms with Gasteiger partial charge in [0.05, 0.1) is 13.0 Å². The zero-order valence-corrected chi connectivity index (χ0v) is 9.67. The summed E-state index contributed by atoms with van der Waals surface area (Å²) in [5, 5.41) is 2.99. The van der Waals surface area contributed by atoms with Gasteiger partial charge < -0.3 is 5.32 Å². The Hall–Kier alpha value is -0.740. The lowest BCUT2D eigenvalue weighted by molar-refractivity contribution is -0.117. The van der Waals surface area contributed by atoms with Crippen molar-refractivity contribution < 1.29 is 4.79 Å². The molecule has 0 saturated heterocycles. The van der Waals surface area contributed by atoms with Crippen molar-refractivity contribution in [3.63, 3.8) is 0 Å². The van der Waals surface area contributed by atoms with Crippen molar-refractivity contribution in [2.75, 3.05) is 13.1 Å². The second kappa shape index (κ2) is 5.88. The number of nitrogens with zero attached hydrogens (tertiary/aromatic N) is 1. The van der Waals surface area contributed by atoms with Crippen molar-refractivity contribution in [2.24, 2.45) is 0 Å². The number of nitrogens with one attached hydrogen (secondary N) is 1. The van der Waals surface area contributed by atoms with E-state index in [0.717, 1.165) is 16.7 Å². The van der Waals surface area contributed by atoms with Crippen molar-refractivity contribution >= 4 is 21.7 Å². The molecule has 0 amide bonds. The topological polar surface area (TPSA) is 42.0 Å². The summed E-state index contributed by atoms with van der Waals surface area (Å²) < 4.78 is 0.931. The van der Waals surface area contributed by atoms with Gasteiger partial charge in [0.15, 0.2) is 5.78 Å². The Morgan fingerprint density at radius 2 is 2.36 bits per heavy atom. The number of rotatable bonds is 5. The van der Waals surface area contributed by atoms with E-state index in [1.54, 1.807) is 6.20 Å². The summed E-state index contributed by atoms with van der Waals surface area (Å²) in [7, 11) is 0. The van der Waals surface area contributed by atoms with Crippen LogP contribution in [-0.2, 0) is 11.2 Å². The summed E-state index contributed by atoms with van der Waals surface area (Å²) in [4.78, 5) is 15.5. The molecule has 0 aliphatic rings. The van der Waals surface area contributed by atoms with Gasteiger partial charge in [-0.05, 0) is 34.6 Å². The Morgan fingerprint density at radius 1 is 1.57 bits per heavy atom. The molecule has 0 aliphatic heterocycles. The summed E-state index contributed by atoms with van der Waals surface area (Å²) in [6, 6.07) is 3.75. The van der Waals surface area contributed by atoms with Crippen LogP contribution in [0.3, 0.4) is 0 Å². The molecule has 1 aromatic heterocycles. The molecule has 0 aromatic carbocycles. The first-order valence-electron chi connectivity index (χ1n) is 4.55. The van der Waals surface area contributed by atoms with Crippen LogP contribution in [0.4, 0.5) is 0 Å². The molecule has 0 atom stereocenters. The van der Waals surface area contributed by atoms with E-state index in [9.17, 15) is 4.79 Å². The summed E-state index contributed by atoms with van der Waals surface area (Å²) in [6.45, 7) is 3.22. The zero-order valence-electron chi connectivity index (χ0n) is 8.09. The van der Waals surface area contributed by atoms with E-state index in [0.29, 0.717) is 13.0 Å². The fourth-order valence-corrected chi connectivity index (χ4v) is 1.27. The van der Waals surface area contributed by atoms with Crippen LogP contribution in [0, 0.1) is 0 Å². The first-order valence-corrected chi connectivity index (χ1v) is 5.34. The monoisotopic (exact) mass is 256 g/mol. The van der Waals surface area contributed by atoms with E-state index in [1.807, 2.05) is 19.1 Å². The molecule has 14 heavy (non-hydrogen) atoms. The molecule has 1 rings (SSSR count). The summed E-state index contributed by atoms with van der Waals surface area (Å²) >= 11 is 3.29. The third-order valence-corrected chi connectivity index (χ3v) is 2.21. The third-order valence-electron chi connectivity index (χ3n) is 1.74. The molecule has 1 aromatic rings. The average Bonchev–Trinajstić information content (AvgIpc) is 2.18. The van der Waals surface area contributed by atoms with Gasteiger partial charge in [-0.15, -0.1) is 0 Å². The molecule has 0 unspecified atom stereocenters. The maximum Gasteiger partial charge on any atom is 0.152 e. The smallest absolute Gasteiger partial charge is 0.152 e. The number of hydrogen-bond acceptors (Lipinski definition) is 3. The molecule has 76 valence electrons. The normalized spacial score (nSPS) is 10.1. The highest BCUT2D eigenvalue weighted by atomic mass is 79.9. The number of carbonyl (C=O) groups is 1. The second-order valence-electron chi connectivity index (χ2n) is 2.96. The van der Waals surface area contributed by atoms with Gasteiger partial charge in [-0.1, -0.05) is 6.92 Å². The quantitative estimate of drug-likeness (QED) is 0.870. The molecule has 0 aliphatic carbocycles. The van der Waals surface area contributed by atoms with Gasteiger partial charge in [0, 0.05) is 16.4 Å². The predicted molar refractivity (Wildman–Crippen MR) is 59.2 cm³/mol. The number of hydrogen-bond donors (Lipinski definition) is 1. The van der Waals surface area contributed by atoms with Crippen LogP contribution in [0.5, 0.6) is 0 Å². The van der Waals surface area contributed by atoms with Gasteiger partial charge in [-0.2, -0.15) is 0 Å². The van der Waals surface area contributed by atoms with Crippen LogP contribution >= 0.6 is 15.9 Å². The van der Waals surface area contributed by atoms with Crippen LogP contribution in [-0.4, -0.2) is 23.9 Å². The van der Waals surface area contributed by atoms with Crippen molar-refractivity contribution in [3.8, 4) is 0 Å². The van der Waals surface area contributed by atoms with Crippen LogP contribution in [0.1, 0.15) is 12.6 Å². The van der Waals surface area contributed by atoms with Crippen molar-refractivity contribution in [1.82, 2.24) is 10.3 Å². The maximum atomic E-state index is 11.3. The van der Waals surface area contributed by atoms with Crippen LogP contribution in [0.25, 0.3) is 0 Å². The zero-order chi connectivity index (χ0) is 10.4. The molecule has 0 fully saturated rings. The fourth-order valence-electron chi connectivity index (χ4n) is 1.04. The Labute approximate surface area is 92.1 Å². The Morgan fingerprint density at radius 3 is 2.93 bits per heavy atom. The van der Waals surface area contributed by atoms with Gasteiger partial charge in [0.2, 0.25) is 0 Å². The number of carbonyl (C=O) groups excluding carboxylic acids is 1. The third kappa shape index (κ3) is 3.98. The molecular formula is C10H13BrN2O. The number of Topliss-reactive ketones (excluding diaryl/α,β-unsaturated/α-hetero) is 1. The SMILES string of the molecule is CCNCC(=O)Cc1ccc(Br)cn1. The second-order valence-corrected chi connectivity index (χ2v) is 3.88. The molecular weight excluding hydrogens is 244 g/mol. The highest BCUT2D eigenvalue weighted by Crippen LogP contribution is 2.07. The van der Waals surface area contributed by atoms with E-state index in [-0.39, 0.29) is 5.78 Å². The molecule has 1 heterocycles. The summed E-state index contributed by atoms with van der Waals surface area (Å²) in [6.07, 6.45) is 2.11. The van der Waals surface area contributed by atoms with Crippen LogP contribution < -0.4 is 5.32 Å². The van der Waals surface area contributed by atoms with Gasteiger partial charge >= 0.3 is 0 Å². The van der Waals surface area contributed by atoms with Gasteiger partial charge in [0.25, 0.3) is 0 Å². The molecule has 0 radical (unpaired) electrons. The average molecular weight is 257 g/mol. The Kier molecular flexibility index (Phi) is 4.76. The minimum Gasteiger partial charge on any atom is -0.310 e. The summed E-state index contributed by atoms with van der Waals surface area (Å²) in [5.41, 5.74) is 0.816. The first kappa shape index (κ1) is 11.3. The minimum atomic E-state index is 0.168. The van der Waals surface area contributed by atoms with Gasteiger partial charge in [-0.3, -0.25) is 9.78 Å². The predicted octanol–water partition coefficient (Wildman–Crippen LogP) is 1.57. The molecule has 0 spiro atoms. The minimum absolute atomic E-state index is 0.168. The lowest BCUT2D eigenvalue weighted by atomic mass is 10.2. The standard InChI is InChI=1S/C10H13BrN2O/c1-2-12-7-10(14)5-9-4-3-8(11)6-13-9/h3-4,6,12H,2,5,7H2,1H3. The fraction of sp³-hybridized carbons (Fsp3) is 0.400. The van der Waals surface area contributed by atoms with E-state index in [1.165, 1.54) is 0 Å². The highest BCUT2D eigenvalue weighted by Gasteiger charge is 2.03. The lowest BCUT2D eigenvalue weighted by Crippen LogP contribution is -2.23. The van der Waals surface area contributed by atoms with Crippen molar-refractivity contribution in [1.29, 1.82) is 0 Å². The van der Waals surface area contributed by atoms with E-state index in [2.05, 4.69) is 26.2 Å². The number of halogens is 1. The van der Waals surface area contributed by atoms with Crippen molar-refractivity contribution in [2.45, 2.75) is 13.3 Å². The van der Waals surface area contributed by atoms with E-state index >= 15 is 0 Å². The van der Waals surface area contributed by atoms with Crippen LogP contribution in [0.2, 0.25) is 0 Å². The maximum absolute atomic E-state index is 11.3. The number of ketones is 1. The van der Waals surface area contributed by atoms with Crippen molar-refractivity contribution in [3.05, 3.63) is 28.5 Å². The number of likely N-dealkylation sites (N-methyl/N-ethyl adjacent to an activating group) is 1. The molecule has 1 N–H and O–H groups in total. The van der Waals surface area contributed by atoms with E-state index in [4.69, 9.17) is 0 Å². The molecule has 0 bridgehead atoms. The molecule has 3 nitrogen and oxygen atoms in total. The van der Waals surface area contributed by atoms with E-state index < -0.39 is 0 Å². The van der Waals surface area contributed by atoms with Gasteiger partial charge in [0.1, 0.15) is 0 Å².